The van der Waals surface area contributed by atoms with Crippen LogP contribution < -0.4 is 5.32 Å². The second kappa shape index (κ2) is 3.82. The zero-order chi connectivity index (χ0) is 9.26. The molecule has 2 aliphatic carbocycles. The highest BCUT2D eigenvalue weighted by molar-refractivity contribution is 7.80. The summed E-state index contributed by atoms with van der Waals surface area (Å²) < 4.78 is 0. The van der Waals surface area contributed by atoms with Gasteiger partial charge in [0.25, 0.3) is 0 Å². The fourth-order valence-electron chi connectivity index (χ4n) is 1.46. The summed E-state index contributed by atoms with van der Waals surface area (Å²) in [5, 5.41) is 4.38. The molecule has 0 aliphatic heterocycles. The first-order valence-electron chi connectivity index (χ1n) is 5.35. The first-order valence-corrected chi connectivity index (χ1v) is 5.76. The second-order valence-electron chi connectivity index (χ2n) is 4.21. The van der Waals surface area contributed by atoms with Gasteiger partial charge in [-0.05, 0) is 50.7 Å². The van der Waals surface area contributed by atoms with Gasteiger partial charge < -0.3 is 10.2 Å². The zero-order valence-electron chi connectivity index (χ0n) is 8.25. The Balaban J connectivity index is 1.74. The van der Waals surface area contributed by atoms with Gasteiger partial charge >= 0.3 is 0 Å². The van der Waals surface area contributed by atoms with Gasteiger partial charge in [0.1, 0.15) is 0 Å². The normalized spacial score (nSPS) is 21.3. The van der Waals surface area contributed by atoms with Crippen molar-refractivity contribution >= 4 is 17.3 Å². The summed E-state index contributed by atoms with van der Waals surface area (Å²) in [5.74, 6) is 0.930. The fourth-order valence-corrected chi connectivity index (χ4v) is 1.83. The van der Waals surface area contributed by atoms with Crippen LogP contribution in [0, 0.1) is 5.92 Å². The van der Waals surface area contributed by atoms with Gasteiger partial charge in [0, 0.05) is 19.1 Å². The van der Waals surface area contributed by atoms with Gasteiger partial charge in [0.15, 0.2) is 5.11 Å². The summed E-state index contributed by atoms with van der Waals surface area (Å²) in [6.45, 7) is 4.41. The highest BCUT2D eigenvalue weighted by Gasteiger charge is 2.27. The zero-order valence-corrected chi connectivity index (χ0v) is 9.07. The molecule has 13 heavy (non-hydrogen) atoms. The topological polar surface area (TPSA) is 15.3 Å². The number of hydrogen-bond donors (Lipinski definition) is 1. The van der Waals surface area contributed by atoms with Crippen molar-refractivity contribution in [3.05, 3.63) is 0 Å². The van der Waals surface area contributed by atoms with Gasteiger partial charge in [0.2, 0.25) is 0 Å². The number of nitrogens with zero attached hydrogens (tertiary/aromatic N) is 1. The summed E-state index contributed by atoms with van der Waals surface area (Å²) in [4.78, 5) is 2.31. The molecule has 3 heteroatoms. The molecule has 0 spiro atoms. The molecule has 74 valence electrons. The van der Waals surface area contributed by atoms with E-state index in [2.05, 4.69) is 17.1 Å². The monoisotopic (exact) mass is 198 g/mol. The lowest BCUT2D eigenvalue weighted by Gasteiger charge is -2.24. The molecule has 0 saturated heterocycles. The van der Waals surface area contributed by atoms with E-state index in [0.29, 0.717) is 6.04 Å². The number of thiocarbonyl (C=S) groups is 1. The van der Waals surface area contributed by atoms with Crippen molar-refractivity contribution in [2.45, 2.75) is 38.6 Å². The Morgan fingerprint density at radius 1 is 1.38 bits per heavy atom. The van der Waals surface area contributed by atoms with Crippen LogP contribution in [0.3, 0.4) is 0 Å². The minimum absolute atomic E-state index is 0.695. The predicted octanol–water partition coefficient (Wildman–Crippen LogP) is 1.76. The molecule has 2 fully saturated rings. The molecule has 0 aromatic rings. The van der Waals surface area contributed by atoms with Crippen LogP contribution in [0.2, 0.25) is 0 Å². The van der Waals surface area contributed by atoms with Crippen molar-refractivity contribution in [2.75, 3.05) is 13.1 Å². The number of nitrogens with one attached hydrogen (secondary N) is 1. The highest BCUT2D eigenvalue weighted by Crippen LogP contribution is 2.29. The minimum Gasteiger partial charge on any atom is -0.360 e. The minimum atomic E-state index is 0.695. The Hall–Kier alpha value is -0.310. The van der Waals surface area contributed by atoms with Gasteiger partial charge in [-0.25, -0.2) is 0 Å². The molecule has 0 radical (unpaired) electrons. The molecular formula is C10H18N2S. The summed E-state index contributed by atoms with van der Waals surface area (Å²) in [6.07, 6.45) is 5.42. The molecule has 2 rings (SSSR count). The van der Waals surface area contributed by atoms with Crippen LogP contribution in [-0.4, -0.2) is 29.1 Å². The quantitative estimate of drug-likeness (QED) is 0.693. The first kappa shape index (κ1) is 9.25. The van der Waals surface area contributed by atoms with Crippen LogP contribution >= 0.6 is 12.2 Å². The fraction of sp³-hybridized carbons (Fsp3) is 0.900. The third-order valence-electron chi connectivity index (χ3n) is 2.75. The van der Waals surface area contributed by atoms with E-state index in [1.807, 2.05) is 0 Å². The predicted molar refractivity (Wildman–Crippen MR) is 58.7 cm³/mol. The van der Waals surface area contributed by atoms with Gasteiger partial charge in [-0.3, -0.25) is 0 Å². The van der Waals surface area contributed by atoms with Gasteiger partial charge in [-0.15, -0.1) is 0 Å². The van der Waals surface area contributed by atoms with Gasteiger partial charge in [0.05, 0.1) is 0 Å². The molecule has 0 amide bonds. The van der Waals surface area contributed by atoms with Crippen molar-refractivity contribution in [1.82, 2.24) is 10.2 Å². The molecule has 0 bridgehead atoms. The van der Waals surface area contributed by atoms with E-state index in [1.54, 1.807) is 0 Å². The van der Waals surface area contributed by atoms with Crippen LogP contribution in [0.15, 0.2) is 0 Å². The van der Waals surface area contributed by atoms with Crippen molar-refractivity contribution in [1.29, 1.82) is 0 Å². The highest BCUT2D eigenvalue weighted by atomic mass is 32.1. The molecule has 2 saturated carbocycles. The molecule has 0 heterocycles. The number of hydrogen-bond acceptors (Lipinski definition) is 1. The standard InChI is InChI=1S/C10H18N2S/c1-2-12(7-8-3-4-8)10(13)11-9-5-6-9/h8-9H,2-7H2,1H3,(H,11,13). The van der Waals surface area contributed by atoms with E-state index < -0.39 is 0 Å². The maximum Gasteiger partial charge on any atom is 0.169 e. The lowest BCUT2D eigenvalue weighted by molar-refractivity contribution is 0.412. The molecular weight excluding hydrogens is 180 g/mol. The molecule has 0 atom stereocenters. The van der Waals surface area contributed by atoms with E-state index in [-0.39, 0.29) is 0 Å². The molecule has 0 unspecified atom stereocenters. The Morgan fingerprint density at radius 3 is 2.54 bits per heavy atom. The van der Waals surface area contributed by atoms with Crippen LogP contribution in [0.25, 0.3) is 0 Å². The van der Waals surface area contributed by atoms with Crippen LogP contribution in [0.4, 0.5) is 0 Å². The SMILES string of the molecule is CCN(CC1CC1)C(=S)NC1CC1. The smallest absolute Gasteiger partial charge is 0.169 e. The first-order chi connectivity index (χ1) is 6.29. The van der Waals surface area contributed by atoms with Crippen molar-refractivity contribution in [3.63, 3.8) is 0 Å². The van der Waals surface area contributed by atoms with Crippen molar-refractivity contribution in [2.24, 2.45) is 5.92 Å². The van der Waals surface area contributed by atoms with Gasteiger partial charge in [-0.1, -0.05) is 0 Å². The molecule has 2 aliphatic rings. The van der Waals surface area contributed by atoms with Crippen LogP contribution in [0.5, 0.6) is 0 Å². The van der Waals surface area contributed by atoms with Gasteiger partial charge in [-0.2, -0.15) is 0 Å². The Labute approximate surface area is 85.7 Å². The van der Waals surface area contributed by atoms with E-state index >= 15 is 0 Å². The average Bonchev–Trinajstić information content (AvgIpc) is 2.94. The van der Waals surface area contributed by atoms with E-state index in [9.17, 15) is 0 Å². The average molecular weight is 198 g/mol. The molecule has 0 aromatic heterocycles. The van der Waals surface area contributed by atoms with Crippen molar-refractivity contribution < 1.29 is 0 Å². The summed E-state index contributed by atoms with van der Waals surface area (Å²) in [7, 11) is 0. The summed E-state index contributed by atoms with van der Waals surface area (Å²) >= 11 is 5.35. The Kier molecular flexibility index (Phi) is 2.72. The molecule has 0 aromatic carbocycles. The summed E-state index contributed by atoms with van der Waals surface area (Å²) in [6, 6.07) is 0.695. The lowest BCUT2D eigenvalue weighted by atomic mass is 10.4. The summed E-state index contributed by atoms with van der Waals surface area (Å²) in [5.41, 5.74) is 0. The lowest BCUT2D eigenvalue weighted by Crippen LogP contribution is -2.41. The second-order valence-corrected chi connectivity index (χ2v) is 4.59. The van der Waals surface area contributed by atoms with Crippen molar-refractivity contribution in [3.8, 4) is 0 Å². The third kappa shape index (κ3) is 2.83. The Bertz CT molecular complexity index is 197. The van der Waals surface area contributed by atoms with E-state index in [4.69, 9.17) is 12.2 Å². The third-order valence-corrected chi connectivity index (χ3v) is 3.13. The maximum absolute atomic E-state index is 5.35. The van der Waals surface area contributed by atoms with Crippen LogP contribution in [-0.2, 0) is 0 Å². The Morgan fingerprint density at radius 2 is 2.08 bits per heavy atom. The molecule has 1 N–H and O–H groups in total. The van der Waals surface area contributed by atoms with E-state index in [0.717, 1.165) is 17.6 Å². The van der Waals surface area contributed by atoms with Crippen LogP contribution in [0.1, 0.15) is 32.6 Å². The van der Waals surface area contributed by atoms with E-state index in [1.165, 1.54) is 32.2 Å². The molecule has 2 nitrogen and oxygen atoms in total. The largest absolute Gasteiger partial charge is 0.360 e. The maximum atomic E-state index is 5.35. The number of rotatable bonds is 4.